The van der Waals surface area contributed by atoms with Crippen LogP contribution in [0, 0.1) is 21.7 Å². The summed E-state index contributed by atoms with van der Waals surface area (Å²) in [7, 11) is 0. The van der Waals surface area contributed by atoms with Gasteiger partial charge in [-0.2, -0.15) is 0 Å². The Bertz CT molecular complexity index is 412. The Balaban J connectivity index is 3.24. The molecule has 0 aliphatic carbocycles. The molecule has 0 saturated heterocycles. The average molecular weight is 232 g/mol. The Morgan fingerprint density at radius 1 is 1.44 bits per heavy atom. The number of nitrogens with two attached hydrogens (primary N) is 1. The highest BCUT2D eigenvalue weighted by Gasteiger charge is 2.23. The lowest BCUT2D eigenvalue weighted by molar-refractivity contribution is -0.386. The normalized spacial score (nSPS) is 12.5. The monoisotopic (exact) mass is 232 g/mol. The molecule has 0 spiro atoms. The van der Waals surface area contributed by atoms with E-state index in [1.807, 2.05) is 0 Å². The first-order valence-corrected chi connectivity index (χ1v) is 4.48. The molecule has 7 heteroatoms. The standard InChI is InChI=1S/C9H10F2N2O3/c10-6-3-5(9(14)1-2-12)8(13(15)16)4-7(6)11/h3-4,9,14H,1-2,12H2/t9-/m0/s1. The third-order valence-electron chi connectivity index (χ3n) is 2.07. The maximum atomic E-state index is 12.9. The fourth-order valence-corrected chi connectivity index (χ4v) is 1.29. The molecule has 1 aromatic carbocycles. The van der Waals surface area contributed by atoms with Crippen molar-refractivity contribution in [2.24, 2.45) is 5.73 Å². The van der Waals surface area contributed by atoms with Gasteiger partial charge < -0.3 is 10.8 Å². The van der Waals surface area contributed by atoms with Crippen LogP contribution in [0.4, 0.5) is 14.5 Å². The number of nitrogens with zero attached hydrogens (tertiary/aromatic N) is 1. The van der Waals surface area contributed by atoms with Gasteiger partial charge in [0.25, 0.3) is 5.69 Å². The summed E-state index contributed by atoms with van der Waals surface area (Å²) in [6.45, 7) is 0.0807. The van der Waals surface area contributed by atoms with Gasteiger partial charge in [0.1, 0.15) is 0 Å². The second-order valence-corrected chi connectivity index (χ2v) is 3.18. The molecule has 0 fully saturated rings. The van der Waals surface area contributed by atoms with E-state index in [-0.39, 0.29) is 18.5 Å². The number of nitro benzene ring substituents is 1. The van der Waals surface area contributed by atoms with Gasteiger partial charge in [0, 0.05) is 0 Å². The number of aliphatic hydroxyl groups excluding tert-OH is 1. The van der Waals surface area contributed by atoms with Crippen LogP contribution < -0.4 is 5.73 Å². The lowest BCUT2D eigenvalue weighted by Gasteiger charge is -2.10. The van der Waals surface area contributed by atoms with Crippen molar-refractivity contribution in [3.63, 3.8) is 0 Å². The molecule has 0 bridgehead atoms. The minimum atomic E-state index is -1.32. The van der Waals surface area contributed by atoms with Crippen LogP contribution in [0.5, 0.6) is 0 Å². The van der Waals surface area contributed by atoms with E-state index >= 15 is 0 Å². The molecular weight excluding hydrogens is 222 g/mol. The summed E-state index contributed by atoms with van der Waals surface area (Å²) in [6.07, 6.45) is -1.24. The van der Waals surface area contributed by atoms with Crippen LogP contribution in [0.15, 0.2) is 12.1 Å². The number of hydrogen-bond acceptors (Lipinski definition) is 4. The van der Waals surface area contributed by atoms with Gasteiger partial charge in [0.05, 0.1) is 22.7 Å². The molecule has 0 heterocycles. The molecule has 0 saturated carbocycles. The minimum absolute atomic E-state index is 0.0336. The van der Waals surface area contributed by atoms with Gasteiger partial charge >= 0.3 is 0 Å². The number of benzene rings is 1. The van der Waals surface area contributed by atoms with Crippen LogP contribution in [0.25, 0.3) is 0 Å². The fraction of sp³-hybridized carbons (Fsp3) is 0.333. The van der Waals surface area contributed by atoms with E-state index < -0.39 is 28.3 Å². The van der Waals surface area contributed by atoms with E-state index in [2.05, 4.69) is 0 Å². The molecule has 1 atom stereocenters. The first kappa shape index (κ1) is 12.5. The molecule has 0 radical (unpaired) electrons. The molecule has 0 amide bonds. The van der Waals surface area contributed by atoms with Crippen molar-refractivity contribution in [1.82, 2.24) is 0 Å². The van der Waals surface area contributed by atoms with Crippen LogP contribution in [0.2, 0.25) is 0 Å². The summed E-state index contributed by atoms with van der Waals surface area (Å²) in [5.74, 6) is -2.56. The zero-order valence-corrected chi connectivity index (χ0v) is 8.19. The average Bonchev–Trinajstić information content (AvgIpc) is 2.21. The second-order valence-electron chi connectivity index (χ2n) is 3.18. The van der Waals surface area contributed by atoms with Crippen molar-refractivity contribution in [1.29, 1.82) is 0 Å². The first-order valence-electron chi connectivity index (χ1n) is 4.48. The number of nitro groups is 1. The molecule has 0 unspecified atom stereocenters. The molecular formula is C9H10F2N2O3. The third-order valence-corrected chi connectivity index (χ3v) is 2.07. The summed E-state index contributed by atoms with van der Waals surface area (Å²) in [6, 6.07) is 1.07. The predicted octanol–water partition coefficient (Wildman–Crippen LogP) is 1.26. The number of rotatable bonds is 4. The lowest BCUT2D eigenvalue weighted by atomic mass is 10.0. The van der Waals surface area contributed by atoms with E-state index in [0.717, 1.165) is 0 Å². The lowest BCUT2D eigenvalue weighted by Crippen LogP contribution is -2.09. The summed E-state index contributed by atoms with van der Waals surface area (Å²) >= 11 is 0. The van der Waals surface area contributed by atoms with Crippen molar-refractivity contribution in [3.05, 3.63) is 39.4 Å². The summed E-state index contributed by atoms with van der Waals surface area (Å²) < 4.78 is 25.7. The van der Waals surface area contributed by atoms with Crippen molar-refractivity contribution >= 4 is 5.69 Å². The molecule has 3 N–H and O–H groups in total. The van der Waals surface area contributed by atoms with Crippen molar-refractivity contribution in [3.8, 4) is 0 Å². The number of halogens is 2. The fourth-order valence-electron chi connectivity index (χ4n) is 1.29. The van der Waals surface area contributed by atoms with E-state index in [0.29, 0.717) is 12.1 Å². The van der Waals surface area contributed by atoms with Crippen LogP contribution in [-0.2, 0) is 0 Å². The maximum absolute atomic E-state index is 12.9. The molecule has 0 aliphatic rings. The van der Waals surface area contributed by atoms with Crippen molar-refractivity contribution in [2.45, 2.75) is 12.5 Å². The Morgan fingerprint density at radius 2 is 2.00 bits per heavy atom. The van der Waals surface area contributed by atoms with Gasteiger partial charge in [-0.3, -0.25) is 10.1 Å². The summed E-state index contributed by atoms with van der Waals surface area (Å²) in [5.41, 5.74) is 4.24. The van der Waals surface area contributed by atoms with Crippen LogP contribution >= 0.6 is 0 Å². The van der Waals surface area contributed by atoms with E-state index in [1.54, 1.807) is 0 Å². The van der Waals surface area contributed by atoms with Gasteiger partial charge in [-0.15, -0.1) is 0 Å². The zero-order chi connectivity index (χ0) is 12.3. The molecule has 1 rings (SSSR count). The molecule has 1 aromatic rings. The quantitative estimate of drug-likeness (QED) is 0.604. The van der Waals surface area contributed by atoms with Gasteiger partial charge in [-0.25, -0.2) is 8.78 Å². The highest BCUT2D eigenvalue weighted by atomic mass is 19.2. The van der Waals surface area contributed by atoms with Crippen molar-refractivity contribution < 1.29 is 18.8 Å². The topological polar surface area (TPSA) is 89.4 Å². The SMILES string of the molecule is NCC[C@H](O)c1cc(F)c(F)cc1[N+](=O)[O-]. The highest BCUT2D eigenvalue weighted by Crippen LogP contribution is 2.29. The Morgan fingerprint density at radius 3 is 2.50 bits per heavy atom. The largest absolute Gasteiger partial charge is 0.388 e. The van der Waals surface area contributed by atoms with Crippen LogP contribution in [-0.4, -0.2) is 16.6 Å². The van der Waals surface area contributed by atoms with E-state index in [1.165, 1.54) is 0 Å². The first-order chi connectivity index (χ1) is 7.47. The molecule has 0 aromatic heterocycles. The van der Waals surface area contributed by atoms with Crippen LogP contribution in [0.3, 0.4) is 0 Å². The number of aliphatic hydroxyl groups is 1. The summed E-state index contributed by atoms with van der Waals surface area (Å²) in [5, 5.41) is 20.1. The van der Waals surface area contributed by atoms with Gasteiger partial charge in [0.2, 0.25) is 0 Å². The Kier molecular flexibility index (Phi) is 3.86. The molecule has 88 valence electrons. The zero-order valence-electron chi connectivity index (χ0n) is 8.19. The van der Waals surface area contributed by atoms with Gasteiger partial charge in [0.15, 0.2) is 11.6 Å². The Hall–Kier alpha value is -1.60. The second kappa shape index (κ2) is 4.95. The predicted molar refractivity (Wildman–Crippen MR) is 51.6 cm³/mol. The van der Waals surface area contributed by atoms with E-state index in [9.17, 15) is 24.0 Å². The van der Waals surface area contributed by atoms with E-state index in [4.69, 9.17) is 5.73 Å². The number of hydrogen-bond donors (Lipinski definition) is 2. The Labute approximate surface area is 89.6 Å². The maximum Gasteiger partial charge on any atom is 0.278 e. The molecule has 0 aliphatic heterocycles. The van der Waals surface area contributed by atoms with Crippen molar-refractivity contribution in [2.75, 3.05) is 6.54 Å². The van der Waals surface area contributed by atoms with Crippen LogP contribution in [0.1, 0.15) is 18.1 Å². The third kappa shape index (κ3) is 2.50. The molecule has 5 nitrogen and oxygen atoms in total. The highest BCUT2D eigenvalue weighted by molar-refractivity contribution is 5.42. The van der Waals surface area contributed by atoms with Gasteiger partial charge in [-0.05, 0) is 19.0 Å². The molecule has 16 heavy (non-hydrogen) atoms. The summed E-state index contributed by atoms with van der Waals surface area (Å²) in [4.78, 5) is 9.69. The van der Waals surface area contributed by atoms with Gasteiger partial charge in [-0.1, -0.05) is 0 Å². The smallest absolute Gasteiger partial charge is 0.278 e. The minimum Gasteiger partial charge on any atom is -0.388 e.